The molecule has 0 bridgehead atoms. The molecule has 0 aromatic carbocycles. The molecule has 1 rings (SSSR count). The molecule has 1 aromatic rings. The second-order valence-corrected chi connectivity index (χ2v) is 2.51. The van der Waals surface area contributed by atoms with E-state index in [0.29, 0.717) is 0 Å². The monoisotopic (exact) mass is 138 g/mol. The Morgan fingerprint density at radius 2 is 2.40 bits per heavy atom. The van der Waals surface area contributed by atoms with Gasteiger partial charge in [0.2, 0.25) is 0 Å². The Morgan fingerprint density at radius 1 is 1.70 bits per heavy atom. The Labute approximate surface area is 61.7 Å². The van der Waals surface area contributed by atoms with Crippen molar-refractivity contribution in [2.75, 3.05) is 0 Å². The Morgan fingerprint density at radius 3 is 2.80 bits per heavy atom. The van der Waals surface area contributed by atoms with E-state index < -0.39 is 0 Å². The summed E-state index contributed by atoms with van der Waals surface area (Å²) in [4.78, 5) is 0. The van der Waals surface area contributed by atoms with E-state index in [0.717, 1.165) is 6.54 Å². The van der Waals surface area contributed by atoms with E-state index in [4.69, 9.17) is 5.73 Å². The van der Waals surface area contributed by atoms with Gasteiger partial charge in [-0.3, -0.25) is 0 Å². The lowest BCUT2D eigenvalue weighted by molar-refractivity contribution is 0.658. The first-order valence-corrected chi connectivity index (χ1v) is 3.66. The van der Waals surface area contributed by atoms with Gasteiger partial charge in [-0.2, -0.15) is 0 Å². The summed E-state index contributed by atoms with van der Waals surface area (Å²) >= 11 is 0. The molecule has 0 unspecified atom stereocenters. The van der Waals surface area contributed by atoms with Crippen LogP contribution in [0, 0.1) is 0 Å². The van der Waals surface area contributed by atoms with Crippen molar-refractivity contribution in [1.29, 1.82) is 0 Å². The number of nitrogens with zero attached hydrogens (tertiary/aromatic N) is 1. The third-order valence-electron chi connectivity index (χ3n) is 1.67. The number of aromatic nitrogens is 1. The topological polar surface area (TPSA) is 30.9 Å². The summed E-state index contributed by atoms with van der Waals surface area (Å²) in [6.07, 6.45) is 2.05. The Hall–Kier alpha value is -0.760. The van der Waals surface area contributed by atoms with E-state index in [1.165, 1.54) is 5.69 Å². The van der Waals surface area contributed by atoms with Gasteiger partial charge in [0.25, 0.3) is 0 Å². The van der Waals surface area contributed by atoms with Crippen molar-refractivity contribution in [3.05, 3.63) is 24.0 Å². The van der Waals surface area contributed by atoms with Gasteiger partial charge in [-0.15, -0.1) is 0 Å². The van der Waals surface area contributed by atoms with Gasteiger partial charge in [-0.05, 0) is 26.0 Å². The maximum absolute atomic E-state index is 5.71. The van der Waals surface area contributed by atoms with Crippen molar-refractivity contribution in [2.45, 2.75) is 26.4 Å². The molecule has 0 aliphatic rings. The summed E-state index contributed by atoms with van der Waals surface area (Å²) < 4.78 is 2.16. The molecule has 0 saturated heterocycles. The van der Waals surface area contributed by atoms with Crippen molar-refractivity contribution in [3.8, 4) is 0 Å². The fourth-order valence-electron chi connectivity index (χ4n) is 1.13. The zero-order chi connectivity index (χ0) is 7.56. The largest absolute Gasteiger partial charge is 0.350 e. The summed E-state index contributed by atoms with van der Waals surface area (Å²) in [7, 11) is 0. The molecule has 0 aliphatic carbocycles. The van der Waals surface area contributed by atoms with Gasteiger partial charge >= 0.3 is 0 Å². The van der Waals surface area contributed by atoms with E-state index >= 15 is 0 Å². The first-order valence-electron chi connectivity index (χ1n) is 3.66. The highest BCUT2D eigenvalue weighted by Gasteiger charge is 2.01. The highest BCUT2D eigenvalue weighted by molar-refractivity contribution is 5.10. The zero-order valence-electron chi connectivity index (χ0n) is 6.54. The smallest absolute Gasteiger partial charge is 0.0421 e. The quantitative estimate of drug-likeness (QED) is 0.660. The predicted octanol–water partition coefficient (Wildman–Crippen LogP) is 1.53. The van der Waals surface area contributed by atoms with E-state index in [1.54, 1.807) is 0 Å². The maximum Gasteiger partial charge on any atom is 0.0421 e. The number of hydrogen-bond donors (Lipinski definition) is 1. The van der Waals surface area contributed by atoms with Crippen molar-refractivity contribution < 1.29 is 0 Å². The SMILES string of the molecule is CCn1cccc1[C@H](C)N. The fourth-order valence-corrected chi connectivity index (χ4v) is 1.13. The van der Waals surface area contributed by atoms with Crippen LogP contribution in [-0.4, -0.2) is 4.57 Å². The Bertz CT molecular complexity index is 201. The van der Waals surface area contributed by atoms with Gasteiger partial charge in [-0.25, -0.2) is 0 Å². The van der Waals surface area contributed by atoms with E-state index in [2.05, 4.69) is 23.8 Å². The summed E-state index contributed by atoms with van der Waals surface area (Å²) in [6.45, 7) is 5.12. The van der Waals surface area contributed by atoms with Crippen LogP contribution in [0.2, 0.25) is 0 Å². The molecule has 0 aliphatic heterocycles. The molecular formula is C8H14N2. The Balaban J connectivity index is 2.90. The predicted molar refractivity (Wildman–Crippen MR) is 42.7 cm³/mol. The third-order valence-corrected chi connectivity index (χ3v) is 1.67. The van der Waals surface area contributed by atoms with Gasteiger partial charge in [0.15, 0.2) is 0 Å². The van der Waals surface area contributed by atoms with Gasteiger partial charge in [-0.1, -0.05) is 0 Å². The van der Waals surface area contributed by atoms with Crippen molar-refractivity contribution in [1.82, 2.24) is 4.57 Å². The highest BCUT2D eigenvalue weighted by Crippen LogP contribution is 2.09. The molecule has 2 nitrogen and oxygen atoms in total. The molecule has 10 heavy (non-hydrogen) atoms. The van der Waals surface area contributed by atoms with Gasteiger partial charge in [0.1, 0.15) is 0 Å². The van der Waals surface area contributed by atoms with Gasteiger partial charge in [0, 0.05) is 24.5 Å². The minimum atomic E-state index is 0.148. The summed E-state index contributed by atoms with van der Waals surface area (Å²) in [5.41, 5.74) is 6.92. The van der Waals surface area contributed by atoms with Crippen LogP contribution in [0.1, 0.15) is 25.6 Å². The molecular weight excluding hydrogens is 124 g/mol. The average Bonchev–Trinajstić information content (AvgIpc) is 2.33. The highest BCUT2D eigenvalue weighted by atomic mass is 15.0. The molecule has 0 fully saturated rings. The summed E-state index contributed by atoms with van der Waals surface area (Å²) in [6, 6.07) is 4.24. The first kappa shape index (κ1) is 7.35. The zero-order valence-corrected chi connectivity index (χ0v) is 6.54. The number of hydrogen-bond acceptors (Lipinski definition) is 1. The van der Waals surface area contributed by atoms with Crippen LogP contribution in [0.4, 0.5) is 0 Å². The molecule has 0 radical (unpaired) electrons. The lowest BCUT2D eigenvalue weighted by Crippen LogP contribution is -2.10. The molecule has 1 aromatic heterocycles. The maximum atomic E-state index is 5.71. The van der Waals surface area contributed by atoms with Gasteiger partial charge < -0.3 is 10.3 Å². The van der Waals surface area contributed by atoms with E-state index in [-0.39, 0.29) is 6.04 Å². The number of rotatable bonds is 2. The molecule has 2 N–H and O–H groups in total. The second kappa shape index (κ2) is 2.88. The molecule has 1 atom stereocenters. The second-order valence-electron chi connectivity index (χ2n) is 2.51. The van der Waals surface area contributed by atoms with E-state index in [1.807, 2.05) is 13.0 Å². The standard InChI is InChI=1S/C8H14N2/c1-3-10-6-4-5-8(10)7(2)9/h4-7H,3,9H2,1-2H3/t7-/m0/s1. The molecule has 2 heteroatoms. The minimum Gasteiger partial charge on any atom is -0.350 e. The Kier molecular flexibility index (Phi) is 2.12. The van der Waals surface area contributed by atoms with Crippen molar-refractivity contribution >= 4 is 0 Å². The lowest BCUT2D eigenvalue weighted by atomic mass is 10.2. The molecule has 0 spiro atoms. The number of nitrogens with two attached hydrogens (primary N) is 1. The summed E-state index contributed by atoms with van der Waals surface area (Å²) in [5, 5.41) is 0. The van der Waals surface area contributed by atoms with Crippen LogP contribution < -0.4 is 5.73 Å². The molecule has 0 saturated carbocycles. The normalized spacial score (nSPS) is 13.5. The third kappa shape index (κ3) is 1.21. The van der Waals surface area contributed by atoms with Crippen molar-refractivity contribution in [2.24, 2.45) is 5.73 Å². The van der Waals surface area contributed by atoms with Crippen LogP contribution in [0.5, 0.6) is 0 Å². The first-order chi connectivity index (χ1) is 4.75. The van der Waals surface area contributed by atoms with Crippen LogP contribution >= 0.6 is 0 Å². The average molecular weight is 138 g/mol. The van der Waals surface area contributed by atoms with Crippen LogP contribution in [0.15, 0.2) is 18.3 Å². The van der Waals surface area contributed by atoms with Crippen LogP contribution in [0.25, 0.3) is 0 Å². The fraction of sp³-hybridized carbons (Fsp3) is 0.500. The lowest BCUT2D eigenvalue weighted by Gasteiger charge is -2.08. The number of aryl methyl sites for hydroxylation is 1. The van der Waals surface area contributed by atoms with E-state index in [9.17, 15) is 0 Å². The molecule has 56 valence electrons. The molecule has 0 amide bonds. The minimum absolute atomic E-state index is 0.148. The van der Waals surface area contributed by atoms with Gasteiger partial charge in [0.05, 0.1) is 0 Å². The van der Waals surface area contributed by atoms with Crippen LogP contribution in [-0.2, 0) is 6.54 Å². The molecule has 1 heterocycles. The summed E-state index contributed by atoms with van der Waals surface area (Å²) in [5.74, 6) is 0. The van der Waals surface area contributed by atoms with Crippen molar-refractivity contribution in [3.63, 3.8) is 0 Å². The van der Waals surface area contributed by atoms with Crippen LogP contribution in [0.3, 0.4) is 0 Å².